The molecule has 2 saturated heterocycles. The van der Waals surface area contributed by atoms with Gasteiger partial charge in [-0.05, 0) is 49.9 Å². The fourth-order valence-electron chi connectivity index (χ4n) is 2.99. The Bertz CT molecular complexity index is 382. The predicted octanol–water partition coefficient (Wildman–Crippen LogP) is 2.83. The summed E-state index contributed by atoms with van der Waals surface area (Å²) >= 11 is 0. The van der Waals surface area contributed by atoms with Crippen molar-refractivity contribution in [1.29, 1.82) is 0 Å². The number of nitrogens with zero attached hydrogens (tertiary/aromatic N) is 2. The zero-order valence-electron chi connectivity index (χ0n) is 12.4. The van der Waals surface area contributed by atoms with Crippen LogP contribution in [0.25, 0.3) is 0 Å². The van der Waals surface area contributed by atoms with Gasteiger partial charge in [0.1, 0.15) is 12.5 Å². The van der Waals surface area contributed by atoms with Crippen LogP contribution in [0.15, 0.2) is 24.3 Å². The highest BCUT2D eigenvalue weighted by atomic mass is 16.5. The van der Waals surface area contributed by atoms with E-state index in [1.165, 1.54) is 11.4 Å². The molecule has 1 aromatic carbocycles. The maximum Gasteiger partial charge on any atom is 0.129 e. The van der Waals surface area contributed by atoms with Crippen LogP contribution in [0.2, 0.25) is 0 Å². The topological polar surface area (TPSA) is 24.9 Å². The van der Waals surface area contributed by atoms with Crippen LogP contribution in [0.5, 0.6) is 0 Å². The second-order valence-corrected chi connectivity index (χ2v) is 5.67. The molecule has 0 amide bonds. The average Bonchev–Trinajstić information content (AvgIpc) is 3.18. The van der Waals surface area contributed by atoms with Gasteiger partial charge in [-0.2, -0.15) is 0 Å². The monoisotopic (exact) mass is 276 g/mol. The van der Waals surface area contributed by atoms with Crippen molar-refractivity contribution in [3.05, 3.63) is 24.3 Å². The van der Waals surface area contributed by atoms with Crippen LogP contribution in [-0.2, 0) is 9.47 Å². The summed E-state index contributed by atoms with van der Waals surface area (Å²) in [4.78, 5) is 4.45. The molecule has 1 aromatic rings. The first-order chi connectivity index (χ1) is 9.75. The van der Waals surface area contributed by atoms with Crippen LogP contribution < -0.4 is 9.80 Å². The second-order valence-electron chi connectivity index (χ2n) is 5.67. The van der Waals surface area contributed by atoms with E-state index in [1.54, 1.807) is 0 Å². The molecule has 110 valence electrons. The van der Waals surface area contributed by atoms with Crippen molar-refractivity contribution in [3.63, 3.8) is 0 Å². The molecule has 0 aliphatic carbocycles. The zero-order chi connectivity index (χ0) is 13.9. The molecule has 2 fully saturated rings. The number of hydrogen-bond acceptors (Lipinski definition) is 4. The molecule has 0 radical (unpaired) electrons. The van der Waals surface area contributed by atoms with E-state index in [2.05, 4.69) is 48.2 Å². The smallest absolute Gasteiger partial charge is 0.129 e. The predicted molar refractivity (Wildman–Crippen MR) is 81.2 cm³/mol. The van der Waals surface area contributed by atoms with Gasteiger partial charge in [-0.15, -0.1) is 0 Å². The number of rotatable bonds is 4. The standard InChI is InChI=1S/C16H24N2O2/c1-17(15-5-3-11-19-15)13-7-9-14(10-8-13)18(2)16-6-4-12-20-16/h7-10,15-16H,3-6,11-12H2,1-2H3. The van der Waals surface area contributed by atoms with E-state index in [0.717, 1.165) is 38.9 Å². The molecule has 2 atom stereocenters. The summed E-state index contributed by atoms with van der Waals surface area (Å²) in [5, 5.41) is 0. The van der Waals surface area contributed by atoms with Crippen molar-refractivity contribution >= 4 is 11.4 Å². The van der Waals surface area contributed by atoms with Gasteiger partial charge in [-0.3, -0.25) is 0 Å². The molecule has 20 heavy (non-hydrogen) atoms. The van der Waals surface area contributed by atoms with Gasteiger partial charge < -0.3 is 19.3 Å². The van der Waals surface area contributed by atoms with Gasteiger partial charge in [0.05, 0.1) is 0 Å². The zero-order valence-corrected chi connectivity index (χ0v) is 12.4. The summed E-state index contributed by atoms with van der Waals surface area (Å²) in [6, 6.07) is 8.68. The molecule has 2 aliphatic heterocycles. The van der Waals surface area contributed by atoms with Gasteiger partial charge in [0.15, 0.2) is 0 Å². The van der Waals surface area contributed by atoms with Crippen molar-refractivity contribution in [2.75, 3.05) is 37.1 Å². The second kappa shape index (κ2) is 6.02. The van der Waals surface area contributed by atoms with Crippen LogP contribution in [-0.4, -0.2) is 39.8 Å². The summed E-state index contributed by atoms with van der Waals surface area (Å²) in [5.41, 5.74) is 2.42. The van der Waals surface area contributed by atoms with Gasteiger partial charge in [0.2, 0.25) is 0 Å². The molecule has 4 nitrogen and oxygen atoms in total. The molecular weight excluding hydrogens is 252 g/mol. The highest BCUT2D eigenvalue weighted by molar-refractivity contribution is 5.56. The maximum atomic E-state index is 5.72. The lowest BCUT2D eigenvalue weighted by Gasteiger charge is -2.28. The highest BCUT2D eigenvalue weighted by Crippen LogP contribution is 2.27. The molecule has 2 heterocycles. The Kier molecular flexibility index (Phi) is 4.13. The lowest BCUT2D eigenvalue weighted by Crippen LogP contribution is -2.31. The van der Waals surface area contributed by atoms with Gasteiger partial charge in [-0.25, -0.2) is 0 Å². The number of anilines is 2. The Balaban J connectivity index is 1.67. The Labute approximate surface area is 121 Å². The molecule has 2 aliphatic rings. The van der Waals surface area contributed by atoms with E-state index in [4.69, 9.17) is 9.47 Å². The van der Waals surface area contributed by atoms with Crippen molar-refractivity contribution in [2.45, 2.75) is 38.1 Å². The van der Waals surface area contributed by atoms with E-state index in [1.807, 2.05) is 0 Å². The maximum absolute atomic E-state index is 5.72. The van der Waals surface area contributed by atoms with E-state index < -0.39 is 0 Å². The van der Waals surface area contributed by atoms with Crippen molar-refractivity contribution in [2.24, 2.45) is 0 Å². The lowest BCUT2D eigenvalue weighted by atomic mass is 10.2. The summed E-state index contributed by atoms with van der Waals surface area (Å²) in [6.45, 7) is 1.77. The molecule has 2 unspecified atom stereocenters. The first kappa shape index (κ1) is 13.7. The highest BCUT2D eigenvalue weighted by Gasteiger charge is 2.22. The molecule has 3 rings (SSSR count). The van der Waals surface area contributed by atoms with E-state index >= 15 is 0 Å². The first-order valence-corrected chi connectivity index (χ1v) is 7.54. The van der Waals surface area contributed by atoms with Crippen LogP contribution in [0.1, 0.15) is 25.7 Å². The molecule has 0 spiro atoms. The average molecular weight is 276 g/mol. The van der Waals surface area contributed by atoms with E-state index in [-0.39, 0.29) is 12.5 Å². The Morgan fingerprint density at radius 2 is 1.20 bits per heavy atom. The molecule has 0 N–H and O–H groups in total. The summed E-state index contributed by atoms with van der Waals surface area (Å²) < 4.78 is 11.4. The van der Waals surface area contributed by atoms with E-state index in [0.29, 0.717) is 0 Å². The Hall–Kier alpha value is -1.26. The molecule has 0 aromatic heterocycles. The minimum atomic E-state index is 0.233. The Morgan fingerprint density at radius 3 is 1.50 bits per heavy atom. The van der Waals surface area contributed by atoms with Gasteiger partial charge >= 0.3 is 0 Å². The normalized spacial score (nSPS) is 25.9. The van der Waals surface area contributed by atoms with E-state index in [9.17, 15) is 0 Å². The molecule has 0 saturated carbocycles. The number of benzene rings is 1. The quantitative estimate of drug-likeness (QED) is 0.844. The van der Waals surface area contributed by atoms with Crippen molar-refractivity contribution in [1.82, 2.24) is 0 Å². The summed E-state index contributed by atoms with van der Waals surface area (Å²) in [6.07, 6.45) is 5.03. The lowest BCUT2D eigenvalue weighted by molar-refractivity contribution is 0.111. The Morgan fingerprint density at radius 1 is 0.800 bits per heavy atom. The van der Waals surface area contributed by atoms with Gasteiger partial charge in [0, 0.05) is 38.7 Å². The fourth-order valence-corrected chi connectivity index (χ4v) is 2.99. The van der Waals surface area contributed by atoms with Gasteiger partial charge in [0.25, 0.3) is 0 Å². The van der Waals surface area contributed by atoms with Crippen LogP contribution >= 0.6 is 0 Å². The van der Waals surface area contributed by atoms with Crippen LogP contribution in [0.3, 0.4) is 0 Å². The number of ether oxygens (including phenoxy) is 2. The van der Waals surface area contributed by atoms with Gasteiger partial charge in [-0.1, -0.05) is 0 Å². The first-order valence-electron chi connectivity index (χ1n) is 7.54. The third-order valence-electron chi connectivity index (χ3n) is 4.34. The number of hydrogen-bond donors (Lipinski definition) is 0. The minimum absolute atomic E-state index is 0.233. The molecule has 0 bridgehead atoms. The van der Waals surface area contributed by atoms with Crippen molar-refractivity contribution in [3.8, 4) is 0 Å². The summed E-state index contributed by atoms with van der Waals surface area (Å²) in [7, 11) is 4.21. The molecular formula is C16H24N2O2. The van der Waals surface area contributed by atoms with Crippen LogP contribution in [0.4, 0.5) is 11.4 Å². The van der Waals surface area contributed by atoms with Crippen molar-refractivity contribution < 1.29 is 9.47 Å². The largest absolute Gasteiger partial charge is 0.358 e. The third-order valence-corrected chi connectivity index (χ3v) is 4.34. The minimum Gasteiger partial charge on any atom is -0.358 e. The summed E-state index contributed by atoms with van der Waals surface area (Å²) in [5.74, 6) is 0. The third kappa shape index (κ3) is 2.76. The molecule has 4 heteroatoms. The van der Waals surface area contributed by atoms with Crippen LogP contribution in [0, 0.1) is 0 Å². The SMILES string of the molecule is CN(c1ccc(N(C)C2CCCO2)cc1)C1CCCO1. The fraction of sp³-hybridized carbons (Fsp3) is 0.625.